The molecule has 0 spiro atoms. The smallest absolute Gasteiger partial charge is 0.303 e. The van der Waals surface area contributed by atoms with Crippen molar-refractivity contribution in [2.75, 3.05) is 0 Å². The second-order valence-electron chi connectivity index (χ2n) is 3.54. The SMILES string of the molecule is O=C(O)CCc1coc(-c2ccc(F)cc2)n1. The van der Waals surface area contributed by atoms with Crippen molar-refractivity contribution in [3.63, 3.8) is 0 Å². The van der Waals surface area contributed by atoms with Gasteiger partial charge in [0.15, 0.2) is 0 Å². The van der Waals surface area contributed by atoms with Crippen LogP contribution in [0.15, 0.2) is 34.9 Å². The minimum Gasteiger partial charge on any atom is -0.481 e. The first-order chi connectivity index (χ1) is 8.15. The molecule has 0 fully saturated rings. The Labute approximate surface area is 96.7 Å². The molecule has 1 aromatic carbocycles. The van der Waals surface area contributed by atoms with E-state index >= 15 is 0 Å². The molecule has 0 saturated carbocycles. The molecule has 0 aliphatic rings. The lowest BCUT2D eigenvalue weighted by Crippen LogP contribution is -1.97. The second kappa shape index (κ2) is 4.78. The van der Waals surface area contributed by atoms with Crippen LogP contribution in [0, 0.1) is 5.82 Å². The van der Waals surface area contributed by atoms with Crippen LogP contribution in [0.3, 0.4) is 0 Å². The molecular formula is C12H10FNO3. The maximum Gasteiger partial charge on any atom is 0.303 e. The van der Waals surface area contributed by atoms with Crippen LogP contribution < -0.4 is 0 Å². The highest BCUT2D eigenvalue weighted by Gasteiger charge is 2.08. The summed E-state index contributed by atoms with van der Waals surface area (Å²) >= 11 is 0. The third-order valence-corrected chi connectivity index (χ3v) is 2.24. The van der Waals surface area contributed by atoms with Crippen molar-refractivity contribution in [2.45, 2.75) is 12.8 Å². The second-order valence-corrected chi connectivity index (χ2v) is 3.54. The van der Waals surface area contributed by atoms with E-state index in [1.807, 2.05) is 0 Å². The maximum absolute atomic E-state index is 12.7. The van der Waals surface area contributed by atoms with Crippen LogP contribution in [0.25, 0.3) is 11.5 Å². The van der Waals surface area contributed by atoms with E-state index in [-0.39, 0.29) is 12.2 Å². The summed E-state index contributed by atoms with van der Waals surface area (Å²) in [6.45, 7) is 0. The van der Waals surface area contributed by atoms with Gasteiger partial charge in [-0.2, -0.15) is 0 Å². The third-order valence-electron chi connectivity index (χ3n) is 2.24. The zero-order valence-corrected chi connectivity index (χ0v) is 8.89. The maximum atomic E-state index is 12.7. The van der Waals surface area contributed by atoms with Gasteiger partial charge in [-0.1, -0.05) is 0 Å². The van der Waals surface area contributed by atoms with Crippen LogP contribution in [0.5, 0.6) is 0 Å². The van der Waals surface area contributed by atoms with Gasteiger partial charge >= 0.3 is 5.97 Å². The minimum absolute atomic E-state index is 0.00932. The van der Waals surface area contributed by atoms with Crippen molar-refractivity contribution in [3.05, 3.63) is 42.0 Å². The minimum atomic E-state index is -0.878. The van der Waals surface area contributed by atoms with E-state index in [0.717, 1.165) is 0 Å². The molecule has 1 aromatic heterocycles. The van der Waals surface area contributed by atoms with Gasteiger partial charge in [0, 0.05) is 12.0 Å². The Bertz CT molecular complexity index is 519. The standard InChI is InChI=1S/C12H10FNO3/c13-9-3-1-8(2-4-9)12-14-10(7-17-12)5-6-11(15)16/h1-4,7H,5-6H2,(H,15,16). The Morgan fingerprint density at radius 1 is 1.35 bits per heavy atom. The molecule has 0 atom stereocenters. The molecule has 0 aliphatic heterocycles. The molecule has 1 N–H and O–H groups in total. The Morgan fingerprint density at radius 2 is 2.06 bits per heavy atom. The lowest BCUT2D eigenvalue weighted by atomic mass is 10.2. The summed E-state index contributed by atoms with van der Waals surface area (Å²) in [5.74, 6) is -0.840. The van der Waals surface area contributed by atoms with Crippen molar-refractivity contribution in [1.29, 1.82) is 0 Å². The number of oxazole rings is 1. The van der Waals surface area contributed by atoms with Gasteiger partial charge in [0.1, 0.15) is 12.1 Å². The number of hydrogen-bond donors (Lipinski definition) is 1. The number of aliphatic carboxylic acids is 1. The molecule has 0 radical (unpaired) electrons. The summed E-state index contributed by atoms with van der Waals surface area (Å²) in [5.41, 5.74) is 1.24. The summed E-state index contributed by atoms with van der Waals surface area (Å²) in [7, 11) is 0. The van der Waals surface area contributed by atoms with Crippen molar-refractivity contribution < 1.29 is 18.7 Å². The van der Waals surface area contributed by atoms with Gasteiger partial charge in [-0.25, -0.2) is 9.37 Å². The monoisotopic (exact) mass is 235 g/mol. The highest BCUT2D eigenvalue weighted by atomic mass is 19.1. The number of carbonyl (C=O) groups is 1. The Morgan fingerprint density at radius 3 is 2.71 bits per heavy atom. The van der Waals surface area contributed by atoms with Gasteiger partial charge < -0.3 is 9.52 Å². The number of nitrogens with zero attached hydrogens (tertiary/aromatic N) is 1. The molecule has 5 heteroatoms. The predicted molar refractivity (Wildman–Crippen MR) is 57.9 cm³/mol. The molecule has 0 saturated heterocycles. The molecule has 2 aromatic rings. The molecule has 4 nitrogen and oxygen atoms in total. The molecule has 0 aliphatic carbocycles. The van der Waals surface area contributed by atoms with E-state index in [1.54, 1.807) is 12.1 Å². The third kappa shape index (κ3) is 2.90. The van der Waals surface area contributed by atoms with Gasteiger partial charge in [-0.15, -0.1) is 0 Å². The summed E-state index contributed by atoms with van der Waals surface area (Å²) in [6, 6.07) is 5.75. The van der Waals surface area contributed by atoms with Crippen molar-refractivity contribution >= 4 is 5.97 Å². The quantitative estimate of drug-likeness (QED) is 0.884. The zero-order chi connectivity index (χ0) is 12.3. The number of carboxylic acid groups (broad SMARTS) is 1. The van der Waals surface area contributed by atoms with E-state index < -0.39 is 5.97 Å². The van der Waals surface area contributed by atoms with Crippen molar-refractivity contribution in [3.8, 4) is 11.5 Å². The molecule has 88 valence electrons. The number of rotatable bonds is 4. The molecule has 0 amide bonds. The molecule has 0 bridgehead atoms. The number of benzene rings is 1. The highest BCUT2D eigenvalue weighted by Crippen LogP contribution is 2.19. The Balaban J connectivity index is 2.12. The molecule has 1 heterocycles. The summed E-state index contributed by atoms with van der Waals surface area (Å²) < 4.78 is 17.9. The highest BCUT2D eigenvalue weighted by molar-refractivity contribution is 5.67. The number of halogens is 1. The zero-order valence-electron chi connectivity index (χ0n) is 8.89. The average Bonchev–Trinajstić information content (AvgIpc) is 2.76. The number of aromatic nitrogens is 1. The largest absolute Gasteiger partial charge is 0.481 e. The van der Waals surface area contributed by atoms with E-state index in [4.69, 9.17) is 9.52 Å². The molecule has 0 unspecified atom stereocenters. The van der Waals surface area contributed by atoms with Crippen molar-refractivity contribution in [2.24, 2.45) is 0 Å². The van der Waals surface area contributed by atoms with Gasteiger partial charge in [-0.3, -0.25) is 4.79 Å². The van der Waals surface area contributed by atoms with Crippen molar-refractivity contribution in [1.82, 2.24) is 4.98 Å². The average molecular weight is 235 g/mol. The molecule has 2 rings (SSSR count). The predicted octanol–water partition coefficient (Wildman–Crippen LogP) is 2.50. The fraction of sp³-hybridized carbons (Fsp3) is 0.167. The van der Waals surface area contributed by atoms with E-state index in [0.29, 0.717) is 23.6 Å². The first-order valence-corrected chi connectivity index (χ1v) is 5.07. The van der Waals surface area contributed by atoms with Crippen LogP contribution in [0.4, 0.5) is 4.39 Å². The first-order valence-electron chi connectivity index (χ1n) is 5.07. The summed E-state index contributed by atoms with van der Waals surface area (Å²) in [4.78, 5) is 14.5. The van der Waals surface area contributed by atoms with E-state index in [1.165, 1.54) is 18.4 Å². The summed E-state index contributed by atoms with van der Waals surface area (Å²) in [6.07, 6.45) is 1.75. The fourth-order valence-electron chi connectivity index (χ4n) is 1.38. The normalized spacial score (nSPS) is 10.4. The van der Waals surface area contributed by atoms with Crippen LogP contribution in [0.1, 0.15) is 12.1 Å². The van der Waals surface area contributed by atoms with Crippen LogP contribution >= 0.6 is 0 Å². The van der Waals surface area contributed by atoms with Crippen LogP contribution in [-0.2, 0) is 11.2 Å². The Hall–Kier alpha value is -2.17. The van der Waals surface area contributed by atoms with Gasteiger partial charge in [0.25, 0.3) is 0 Å². The number of carboxylic acids is 1. The van der Waals surface area contributed by atoms with Crippen LogP contribution in [-0.4, -0.2) is 16.1 Å². The lowest BCUT2D eigenvalue weighted by molar-refractivity contribution is -0.136. The first kappa shape index (κ1) is 11.3. The number of hydrogen-bond acceptors (Lipinski definition) is 3. The molecule has 17 heavy (non-hydrogen) atoms. The van der Waals surface area contributed by atoms with Gasteiger partial charge in [0.05, 0.1) is 12.1 Å². The lowest BCUT2D eigenvalue weighted by Gasteiger charge is -1.94. The van der Waals surface area contributed by atoms with Gasteiger partial charge in [0.2, 0.25) is 5.89 Å². The number of aryl methyl sites for hydroxylation is 1. The van der Waals surface area contributed by atoms with Crippen LogP contribution in [0.2, 0.25) is 0 Å². The Kier molecular flexibility index (Phi) is 3.18. The fourth-order valence-corrected chi connectivity index (χ4v) is 1.38. The van der Waals surface area contributed by atoms with E-state index in [9.17, 15) is 9.18 Å². The topological polar surface area (TPSA) is 63.3 Å². The summed E-state index contributed by atoms with van der Waals surface area (Å²) in [5, 5.41) is 8.53. The van der Waals surface area contributed by atoms with E-state index in [2.05, 4.69) is 4.98 Å². The molecular weight excluding hydrogens is 225 g/mol. The van der Waals surface area contributed by atoms with Gasteiger partial charge in [-0.05, 0) is 24.3 Å².